The molecule has 0 aromatic carbocycles. The summed E-state index contributed by atoms with van der Waals surface area (Å²) in [6.45, 7) is 6.94. The zero-order valence-electron chi connectivity index (χ0n) is 13.5. The van der Waals surface area contributed by atoms with E-state index in [1.807, 2.05) is 13.8 Å². The first-order valence-electron chi connectivity index (χ1n) is 8.03. The van der Waals surface area contributed by atoms with Crippen LogP contribution in [0.1, 0.15) is 33.6 Å². The second-order valence-electron chi connectivity index (χ2n) is 6.62. The monoisotopic (exact) mass is 314 g/mol. The molecule has 0 radical (unpaired) electrons. The fourth-order valence-electron chi connectivity index (χ4n) is 3.61. The minimum absolute atomic E-state index is 0.00218. The summed E-state index contributed by atoms with van der Waals surface area (Å²) in [4.78, 5) is 13.9. The van der Waals surface area contributed by atoms with E-state index in [1.54, 1.807) is 11.8 Å². The topological polar surface area (TPSA) is 83.3 Å². The molecule has 0 aromatic rings. The van der Waals surface area contributed by atoms with Crippen LogP contribution in [0.2, 0.25) is 0 Å². The van der Waals surface area contributed by atoms with Crippen LogP contribution in [0, 0.1) is 0 Å². The Hall–Kier alpha value is -0.730. The van der Waals surface area contributed by atoms with E-state index in [1.165, 1.54) is 0 Å². The fourth-order valence-corrected chi connectivity index (χ4v) is 3.61. The summed E-state index contributed by atoms with van der Waals surface area (Å²) in [5.41, 5.74) is 5.84. The SMILES string of the molecule is CC(=O)N1CCCCO[C@@H]2O[C@H](CN)[C@@H]3OC(C)(C)O[C@@H]3[C@H]21. The number of amides is 1. The van der Waals surface area contributed by atoms with E-state index in [2.05, 4.69) is 0 Å². The van der Waals surface area contributed by atoms with Crippen LogP contribution in [0.4, 0.5) is 0 Å². The third kappa shape index (κ3) is 2.88. The highest BCUT2D eigenvalue weighted by Gasteiger charge is 2.57. The molecule has 3 heterocycles. The Morgan fingerprint density at radius 3 is 2.68 bits per heavy atom. The summed E-state index contributed by atoms with van der Waals surface area (Å²) in [6.07, 6.45) is 0.430. The van der Waals surface area contributed by atoms with Crippen LogP contribution in [-0.4, -0.2) is 66.9 Å². The lowest BCUT2D eigenvalue weighted by Crippen LogP contribution is -2.65. The third-order valence-corrected chi connectivity index (χ3v) is 4.53. The molecule has 0 aliphatic carbocycles. The number of nitrogens with two attached hydrogens (primary N) is 1. The highest BCUT2D eigenvalue weighted by atomic mass is 16.8. The molecule has 2 N–H and O–H groups in total. The zero-order valence-corrected chi connectivity index (χ0v) is 13.5. The molecule has 7 nitrogen and oxygen atoms in total. The molecule has 3 aliphatic heterocycles. The van der Waals surface area contributed by atoms with Crippen LogP contribution < -0.4 is 5.73 Å². The van der Waals surface area contributed by atoms with E-state index in [9.17, 15) is 4.79 Å². The number of carbonyl (C=O) groups is 1. The first-order chi connectivity index (χ1) is 10.4. The lowest BCUT2D eigenvalue weighted by Gasteiger charge is -2.47. The van der Waals surface area contributed by atoms with E-state index in [-0.39, 0.29) is 30.3 Å². The number of nitrogens with zero attached hydrogens (tertiary/aromatic N) is 1. The van der Waals surface area contributed by atoms with Gasteiger partial charge in [0, 0.05) is 26.6 Å². The second kappa shape index (κ2) is 6.05. The van der Waals surface area contributed by atoms with Gasteiger partial charge in [-0.25, -0.2) is 0 Å². The number of carbonyl (C=O) groups excluding carboxylic acids is 1. The molecule has 3 fully saturated rings. The van der Waals surface area contributed by atoms with Crippen LogP contribution in [0.15, 0.2) is 0 Å². The Morgan fingerprint density at radius 1 is 1.27 bits per heavy atom. The Kier molecular flexibility index (Phi) is 4.44. The number of fused-ring (bicyclic) bond motifs is 3. The van der Waals surface area contributed by atoms with Gasteiger partial charge in [0.05, 0.1) is 0 Å². The molecule has 5 atom stereocenters. The molecule has 0 spiro atoms. The van der Waals surface area contributed by atoms with E-state index >= 15 is 0 Å². The molecule has 22 heavy (non-hydrogen) atoms. The smallest absolute Gasteiger partial charge is 0.219 e. The largest absolute Gasteiger partial charge is 0.350 e. The van der Waals surface area contributed by atoms with Crippen molar-refractivity contribution in [3.8, 4) is 0 Å². The predicted molar refractivity (Wildman–Crippen MR) is 77.9 cm³/mol. The van der Waals surface area contributed by atoms with Crippen LogP contribution in [-0.2, 0) is 23.7 Å². The summed E-state index contributed by atoms with van der Waals surface area (Å²) < 4.78 is 24.0. The van der Waals surface area contributed by atoms with Crippen LogP contribution in [0.5, 0.6) is 0 Å². The molecule has 0 saturated carbocycles. The number of hydrogen-bond acceptors (Lipinski definition) is 6. The van der Waals surface area contributed by atoms with Crippen molar-refractivity contribution >= 4 is 5.91 Å². The van der Waals surface area contributed by atoms with Gasteiger partial charge in [0.2, 0.25) is 5.91 Å². The van der Waals surface area contributed by atoms with Crippen molar-refractivity contribution < 1.29 is 23.7 Å². The summed E-state index contributed by atoms with van der Waals surface area (Å²) >= 11 is 0. The molecular weight excluding hydrogens is 288 g/mol. The number of ether oxygens (including phenoxy) is 4. The Morgan fingerprint density at radius 2 is 2.00 bits per heavy atom. The molecule has 0 bridgehead atoms. The molecule has 0 aromatic heterocycles. The van der Waals surface area contributed by atoms with Gasteiger partial charge >= 0.3 is 0 Å². The standard InChI is InChI=1S/C15H26N2O5/c1-9(18)17-6-4-5-7-19-14-11(17)13-12(10(8-16)20-14)21-15(2,3)22-13/h10-14H,4-8,16H2,1-3H3/t10-,11-,12+,13-,14-/m1/s1. The quantitative estimate of drug-likeness (QED) is 0.745. The number of rotatable bonds is 1. The lowest BCUT2D eigenvalue weighted by atomic mass is 9.94. The predicted octanol–water partition coefficient (Wildman–Crippen LogP) is 0.218. The molecule has 3 saturated heterocycles. The van der Waals surface area contributed by atoms with Gasteiger partial charge < -0.3 is 29.6 Å². The molecule has 1 amide bonds. The molecule has 0 unspecified atom stereocenters. The Labute approximate surface area is 131 Å². The van der Waals surface area contributed by atoms with E-state index in [4.69, 9.17) is 24.7 Å². The van der Waals surface area contributed by atoms with Crippen molar-refractivity contribution in [1.29, 1.82) is 0 Å². The van der Waals surface area contributed by atoms with Gasteiger partial charge in [-0.3, -0.25) is 4.79 Å². The van der Waals surface area contributed by atoms with Crippen molar-refractivity contribution in [1.82, 2.24) is 4.90 Å². The minimum Gasteiger partial charge on any atom is -0.350 e. The molecule has 3 aliphatic rings. The van der Waals surface area contributed by atoms with Crippen molar-refractivity contribution in [3.05, 3.63) is 0 Å². The van der Waals surface area contributed by atoms with Gasteiger partial charge in [-0.15, -0.1) is 0 Å². The van der Waals surface area contributed by atoms with Gasteiger partial charge in [-0.2, -0.15) is 0 Å². The molecule has 3 rings (SSSR count). The van der Waals surface area contributed by atoms with Gasteiger partial charge in [-0.05, 0) is 26.7 Å². The maximum Gasteiger partial charge on any atom is 0.219 e. The van der Waals surface area contributed by atoms with Crippen molar-refractivity contribution in [2.75, 3.05) is 19.7 Å². The fraction of sp³-hybridized carbons (Fsp3) is 0.933. The summed E-state index contributed by atoms with van der Waals surface area (Å²) in [6, 6.07) is -0.299. The molecule has 126 valence electrons. The van der Waals surface area contributed by atoms with Gasteiger partial charge in [0.1, 0.15) is 24.4 Å². The average Bonchev–Trinajstić information content (AvgIpc) is 2.73. The van der Waals surface area contributed by atoms with Gasteiger partial charge in [0.15, 0.2) is 12.1 Å². The lowest BCUT2D eigenvalue weighted by molar-refractivity contribution is -0.262. The van der Waals surface area contributed by atoms with Crippen molar-refractivity contribution in [2.45, 2.75) is 70.0 Å². The zero-order chi connectivity index (χ0) is 15.9. The summed E-state index contributed by atoms with van der Waals surface area (Å²) in [5.74, 6) is -0.714. The maximum absolute atomic E-state index is 12.1. The second-order valence-corrected chi connectivity index (χ2v) is 6.62. The average molecular weight is 314 g/mol. The van der Waals surface area contributed by atoms with Crippen LogP contribution in [0.3, 0.4) is 0 Å². The number of hydrogen-bond donors (Lipinski definition) is 1. The highest BCUT2D eigenvalue weighted by Crippen LogP contribution is 2.40. The van der Waals surface area contributed by atoms with Crippen molar-refractivity contribution in [3.63, 3.8) is 0 Å². The normalized spacial score (nSPS) is 41.3. The molecule has 7 heteroatoms. The maximum atomic E-state index is 12.1. The molecular formula is C15H26N2O5. The Bertz CT molecular complexity index is 430. The third-order valence-electron chi connectivity index (χ3n) is 4.53. The van der Waals surface area contributed by atoms with E-state index < -0.39 is 12.1 Å². The van der Waals surface area contributed by atoms with Gasteiger partial charge in [-0.1, -0.05) is 0 Å². The summed E-state index contributed by atoms with van der Waals surface area (Å²) in [5, 5.41) is 0. The highest BCUT2D eigenvalue weighted by molar-refractivity contribution is 5.73. The first-order valence-corrected chi connectivity index (χ1v) is 8.03. The summed E-state index contributed by atoms with van der Waals surface area (Å²) in [7, 11) is 0. The van der Waals surface area contributed by atoms with Crippen molar-refractivity contribution in [2.24, 2.45) is 5.73 Å². The van der Waals surface area contributed by atoms with Gasteiger partial charge in [0.25, 0.3) is 0 Å². The minimum atomic E-state index is -0.716. The van der Waals surface area contributed by atoms with E-state index in [0.29, 0.717) is 19.7 Å². The Balaban J connectivity index is 1.93. The first kappa shape index (κ1) is 16.1. The van der Waals surface area contributed by atoms with Crippen LogP contribution in [0.25, 0.3) is 0 Å². The van der Waals surface area contributed by atoms with Crippen LogP contribution >= 0.6 is 0 Å². The van der Waals surface area contributed by atoms with E-state index in [0.717, 1.165) is 12.8 Å².